The minimum absolute atomic E-state index is 0. The Hall–Kier alpha value is -0.340. The van der Waals surface area contributed by atoms with Crippen molar-refractivity contribution in [2.45, 2.75) is 39.0 Å². The lowest BCUT2D eigenvalue weighted by molar-refractivity contribution is 0.189. The van der Waals surface area contributed by atoms with E-state index < -0.39 is 0 Å². The van der Waals surface area contributed by atoms with Gasteiger partial charge in [0, 0.05) is 25.0 Å². The smallest absolute Gasteiger partial charge is 0.190 e. The molecule has 0 saturated carbocycles. The highest BCUT2D eigenvalue weighted by Crippen LogP contribution is 2.16. The Kier molecular flexibility index (Phi) is 11.7. The van der Waals surface area contributed by atoms with Gasteiger partial charge in [-0.05, 0) is 69.1 Å². The topological polar surface area (TPSA) is 39.7 Å². The van der Waals surface area contributed by atoms with Crippen LogP contribution in [0.3, 0.4) is 0 Å². The zero-order chi connectivity index (χ0) is 16.3. The van der Waals surface area contributed by atoms with Crippen LogP contribution >= 0.6 is 35.3 Å². The monoisotopic (exact) mass is 464 g/mol. The van der Waals surface area contributed by atoms with Gasteiger partial charge in [-0.2, -0.15) is 0 Å². The number of unbranched alkanes of at least 4 members (excludes halogenated alkanes) is 1. The number of halogens is 1. The molecule has 0 bridgehead atoms. The summed E-state index contributed by atoms with van der Waals surface area (Å²) < 4.78 is 0. The number of nitrogens with zero attached hydrogens (tertiary/aromatic N) is 2. The van der Waals surface area contributed by atoms with E-state index in [1.54, 1.807) is 0 Å². The zero-order valence-corrected chi connectivity index (χ0v) is 18.2. The number of likely N-dealkylation sites (tertiary alicyclic amines) is 1. The van der Waals surface area contributed by atoms with Gasteiger partial charge in [0.05, 0.1) is 0 Å². The van der Waals surface area contributed by atoms with Crippen molar-refractivity contribution in [3.63, 3.8) is 0 Å². The van der Waals surface area contributed by atoms with Crippen LogP contribution in [0.25, 0.3) is 0 Å². The summed E-state index contributed by atoms with van der Waals surface area (Å²) in [6.45, 7) is 8.15. The maximum atomic E-state index is 4.29. The molecule has 4 nitrogen and oxygen atoms in total. The number of aliphatic imine (C=N–C) groups is 1. The molecule has 0 aromatic carbocycles. The summed E-state index contributed by atoms with van der Waals surface area (Å²) in [5.74, 6) is 1.85. The van der Waals surface area contributed by atoms with Gasteiger partial charge in [0.2, 0.25) is 0 Å². The van der Waals surface area contributed by atoms with E-state index in [0.717, 1.165) is 31.4 Å². The molecule has 0 amide bonds. The maximum absolute atomic E-state index is 4.29. The Morgan fingerprint density at radius 2 is 2.00 bits per heavy atom. The van der Waals surface area contributed by atoms with Gasteiger partial charge in [-0.15, -0.1) is 35.3 Å². The number of thiophene rings is 1. The fourth-order valence-electron chi connectivity index (χ4n) is 2.93. The van der Waals surface area contributed by atoms with Crippen LogP contribution < -0.4 is 10.6 Å². The molecule has 1 aromatic rings. The first-order valence-corrected chi connectivity index (χ1v) is 9.85. The fraction of sp³-hybridized carbons (Fsp3) is 0.722. The van der Waals surface area contributed by atoms with Crippen LogP contribution in [0.4, 0.5) is 0 Å². The molecule has 6 heteroatoms. The molecule has 1 aliphatic heterocycles. The number of guanidine groups is 1. The summed E-state index contributed by atoms with van der Waals surface area (Å²) in [6.07, 6.45) is 6.29. The van der Waals surface area contributed by atoms with Crippen molar-refractivity contribution >= 4 is 41.3 Å². The van der Waals surface area contributed by atoms with Crippen molar-refractivity contribution < 1.29 is 0 Å². The first-order chi connectivity index (χ1) is 11.3. The molecule has 0 aliphatic carbocycles. The third-order valence-corrected chi connectivity index (χ3v) is 5.47. The van der Waals surface area contributed by atoms with Gasteiger partial charge < -0.3 is 15.5 Å². The van der Waals surface area contributed by atoms with Crippen molar-refractivity contribution in [2.75, 3.05) is 39.8 Å². The van der Waals surface area contributed by atoms with Crippen LogP contribution in [0.1, 0.15) is 37.5 Å². The Morgan fingerprint density at radius 3 is 2.67 bits per heavy atom. The summed E-state index contributed by atoms with van der Waals surface area (Å²) >= 11 is 1.82. The van der Waals surface area contributed by atoms with Crippen LogP contribution in [-0.4, -0.2) is 50.6 Å². The Labute approximate surface area is 168 Å². The highest BCUT2D eigenvalue weighted by Gasteiger charge is 2.14. The third-order valence-electron chi connectivity index (χ3n) is 4.54. The maximum Gasteiger partial charge on any atom is 0.190 e. The summed E-state index contributed by atoms with van der Waals surface area (Å²) in [7, 11) is 1.84. The SMILES string of the molecule is CN=C(NCCCCN1CCC(C)CC1)NCCc1cccs1.I. The molecule has 2 heterocycles. The molecular formula is C18H33IN4S. The average molecular weight is 464 g/mol. The van der Waals surface area contributed by atoms with Crippen molar-refractivity contribution in [1.29, 1.82) is 0 Å². The lowest BCUT2D eigenvalue weighted by atomic mass is 9.99. The lowest BCUT2D eigenvalue weighted by Crippen LogP contribution is -2.39. The molecule has 1 aliphatic rings. The fourth-order valence-corrected chi connectivity index (χ4v) is 3.64. The van der Waals surface area contributed by atoms with Crippen LogP contribution in [0.2, 0.25) is 0 Å². The molecule has 0 radical (unpaired) electrons. The van der Waals surface area contributed by atoms with Gasteiger partial charge >= 0.3 is 0 Å². The van der Waals surface area contributed by atoms with Gasteiger partial charge in [0.25, 0.3) is 0 Å². The number of hydrogen-bond donors (Lipinski definition) is 2. The van der Waals surface area contributed by atoms with Crippen molar-refractivity contribution in [2.24, 2.45) is 10.9 Å². The molecule has 2 N–H and O–H groups in total. The first-order valence-electron chi connectivity index (χ1n) is 8.97. The van der Waals surface area contributed by atoms with Crippen molar-refractivity contribution in [1.82, 2.24) is 15.5 Å². The van der Waals surface area contributed by atoms with Crippen molar-refractivity contribution in [3.8, 4) is 0 Å². The van der Waals surface area contributed by atoms with Crippen LogP contribution in [0.5, 0.6) is 0 Å². The molecule has 0 spiro atoms. The third kappa shape index (κ3) is 8.67. The van der Waals surface area contributed by atoms with Gasteiger partial charge in [-0.1, -0.05) is 13.0 Å². The molecule has 1 fully saturated rings. The molecule has 1 saturated heterocycles. The zero-order valence-electron chi connectivity index (χ0n) is 15.1. The quantitative estimate of drug-likeness (QED) is 0.267. The summed E-state index contributed by atoms with van der Waals surface area (Å²) in [6, 6.07) is 4.29. The minimum Gasteiger partial charge on any atom is -0.356 e. The Morgan fingerprint density at radius 1 is 1.25 bits per heavy atom. The predicted octanol–water partition coefficient (Wildman–Crippen LogP) is 3.59. The van der Waals surface area contributed by atoms with Gasteiger partial charge in [0.15, 0.2) is 5.96 Å². The van der Waals surface area contributed by atoms with Crippen molar-refractivity contribution in [3.05, 3.63) is 22.4 Å². The van der Waals surface area contributed by atoms with E-state index in [0.29, 0.717) is 0 Å². The normalized spacial score (nSPS) is 16.7. The first kappa shape index (κ1) is 21.7. The number of piperidine rings is 1. The lowest BCUT2D eigenvalue weighted by Gasteiger charge is -2.30. The van der Waals surface area contributed by atoms with Gasteiger partial charge in [-0.3, -0.25) is 4.99 Å². The number of hydrogen-bond acceptors (Lipinski definition) is 3. The second-order valence-corrected chi connectivity index (χ2v) is 7.52. The highest BCUT2D eigenvalue weighted by atomic mass is 127. The van der Waals surface area contributed by atoms with E-state index in [1.165, 1.54) is 50.2 Å². The molecule has 0 atom stereocenters. The predicted molar refractivity (Wildman–Crippen MR) is 117 cm³/mol. The minimum atomic E-state index is 0. The van der Waals surface area contributed by atoms with E-state index in [1.807, 2.05) is 18.4 Å². The van der Waals surface area contributed by atoms with Gasteiger partial charge in [0.1, 0.15) is 0 Å². The summed E-state index contributed by atoms with van der Waals surface area (Å²) in [5.41, 5.74) is 0. The van der Waals surface area contributed by atoms with Crippen LogP contribution in [0, 0.1) is 5.92 Å². The van der Waals surface area contributed by atoms with E-state index in [2.05, 4.69) is 45.0 Å². The van der Waals surface area contributed by atoms with Crippen LogP contribution in [0.15, 0.2) is 22.5 Å². The summed E-state index contributed by atoms with van der Waals surface area (Å²) in [4.78, 5) is 8.33. The second-order valence-electron chi connectivity index (χ2n) is 6.49. The van der Waals surface area contributed by atoms with E-state index in [9.17, 15) is 0 Å². The Bertz CT molecular complexity index is 442. The average Bonchev–Trinajstić information content (AvgIpc) is 3.08. The highest BCUT2D eigenvalue weighted by molar-refractivity contribution is 14.0. The standard InChI is InChI=1S/C18H32N4S.HI/c1-16-8-13-22(14-9-16)12-4-3-10-20-18(19-2)21-11-7-17-6-5-15-23-17;/h5-6,15-16H,3-4,7-14H2,1-2H3,(H2,19,20,21);1H. The second kappa shape index (κ2) is 12.9. The molecule has 138 valence electrons. The van der Waals surface area contributed by atoms with E-state index in [-0.39, 0.29) is 24.0 Å². The molecule has 24 heavy (non-hydrogen) atoms. The molecular weight excluding hydrogens is 431 g/mol. The summed E-state index contributed by atoms with van der Waals surface area (Å²) in [5, 5.41) is 8.94. The van der Waals surface area contributed by atoms with E-state index >= 15 is 0 Å². The van der Waals surface area contributed by atoms with Gasteiger partial charge in [-0.25, -0.2) is 0 Å². The largest absolute Gasteiger partial charge is 0.356 e. The molecule has 0 unspecified atom stereocenters. The Balaban J connectivity index is 0.00000288. The number of rotatable bonds is 8. The molecule has 2 rings (SSSR count). The van der Waals surface area contributed by atoms with Crippen LogP contribution in [-0.2, 0) is 6.42 Å². The molecule has 1 aromatic heterocycles. The van der Waals surface area contributed by atoms with E-state index in [4.69, 9.17) is 0 Å². The number of nitrogens with one attached hydrogen (secondary N) is 2.